The molecule has 1 fully saturated rings. The van der Waals surface area contributed by atoms with Crippen LogP contribution in [-0.4, -0.2) is 51.2 Å². The van der Waals surface area contributed by atoms with Crippen LogP contribution in [0.5, 0.6) is 0 Å². The van der Waals surface area contributed by atoms with E-state index >= 15 is 0 Å². The standard InChI is InChI=1S/C16H22N6O3/c1-10-11(9-18-16(17)19-10)15(23)22-7-4-3-5-12(22)14-20-13(21-25-14)6-8-24-2/h9,12H,3-8H2,1-2H3,(H2,17,18,19)/t12-/m0/s1. The van der Waals surface area contributed by atoms with Gasteiger partial charge in [-0.25, -0.2) is 9.97 Å². The highest BCUT2D eigenvalue weighted by atomic mass is 16.5. The van der Waals surface area contributed by atoms with Gasteiger partial charge < -0.3 is 19.9 Å². The van der Waals surface area contributed by atoms with E-state index in [0.717, 1.165) is 19.3 Å². The lowest BCUT2D eigenvalue weighted by Gasteiger charge is -2.33. The van der Waals surface area contributed by atoms with Crippen molar-refractivity contribution in [3.8, 4) is 0 Å². The van der Waals surface area contributed by atoms with E-state index in [-0.39, 0.29) is 17.9 Å². The smallest absolute Gasteiger partial charge is 0.257 e. The molecule has 9 nitrogen and oxygen atoms in total. The van der Waals surface area contributed by atoms with E-state index in [9.17, 15) is 4.79 Å². The third kappa shape index (κ3) is 3.76. The van der Waals surface area contributed by atoms with Gasteiger partial charge in [0.15, 0.2) is 5.82 Å². The molecule has 0 aromatic carbocycles. The Morgan fingerprint density at radius 3 is 3.04 bits per heavy atom. The van der Waals surface area contributed by atoms with Crippen LogP contribution in [0.15, 0.2) is 10.7 Å². The van der Waals surface area contributed by atoms with Crippen LogP contribution in [-0.2, 0) is 11.2 Å². The summed E-state index contributed by atoms with van der Waals surface area (Å²) >= 11 is 0. The monoisotopic (exact) mass is 346 g/mol. The Labute approximate surface area is 145 Å². The van der Waals surface area contributed by atoms with Gasteiger partial charge in [-0.05, 0) is 26.2 Å². The number of piperidine rings is 1. The second kappa shape index (κ2) is 7.56. The van der Waals surface area contributed by atoms with Crippen molar-refractivity contribution in [2.24, 2.45) is 0 Å². The number of carbonyl (C=O) groups excluding carboxylic acids is 1. The van der Waals surface area contributed by atoms with Crippen molar-refractivity contribution in [3.05, 3.63) is 29.2 Å². The van der Waals surface area contributed by atoms with Gasteiger partial charge in [0.1, 0.15) is 6.04 Å². The average Bonchev–Trinajstić information content (AvgIpc) is 3.08. The summed E-state index contributed by atoms with van der Waals surface area (Å²) in [6.07, 6.45) is 4.77. The summed E-state index contributed by atoms with van der Waals surface area (Å²) in [5, 5.41) is 3.98. The molecule has 0 aliphatic carbocycles. The molecule has 0 saturated carbocycles. The second-order valence-corrected chi connectivity index (χ2v) is 6.03. The number of ether oxygens (including phenoxy) is 1. The Morgan fingerprint density at radius 1 is 1.44 bits per heavy atom. The molecule has 2 aromatic heterocycles. The third-order valence-corrected chi connectivity index (χ3v) is 4.29. The number of nitrogen functional groups attached to an aromatic ring is 1. The van der Waals surface area contributed by atoms with Gasteiger partial charge in [0.25, 0.3) is 5.91 Å². The number of aromatic nitrogens is 4. The SMILES string of the molecule is COCCc1noc([C@@H]2CCCCN2C(=O)c2cnc(N)nc2C)n1. The number of anilines is 1. The molecule has 1 aliphatic heterocycles. The van der Waals surface area contributed by atoms with Gasteiger partial charge in [-0.2, -0.15) is 4.98 Å². The molecule has 0 unspecified atom stereocenters. The highest BCUT2D eigenvalue weighted by molar-refractivity contribution is 5.95. The molecular weight excluding hydrogens is 324 g/mol. The average molecular weight is 346 g/mol. The van der Waals surface area contributed by atoms with Crippen LogP contribution in [0, 0.1) is 6.92 Å². The van der Waals surface area contributed by atoms with Gasteiger partial charge in [0.2, 0.25) is 11.8 Å². The number of likely N-dealkylation sites (tertiary alicyclic amines) is 1. The zero-order chi connectivity index (χ0) is 17.8. The summed E-state index contributed by atoms with van der Waals surface area (Å²) in [4.78, 5) is 27.2. The quantitative estimate of drug-likeness (QED) is 0.860. The summed E-state index contributed by atoms with van der Waals surface area (Å²) in [7, 11) is 1.62. The summed E-state index contributed by atoms with van der Waals surface area (Å²) in [6, 6.07) is -0.234. The zero-order valence-corrected chi connectivity index (χ0v) is 14.4. The molecule has 0 spiro atoms. The molecule has 0 radical (unpaired) electrons. The maximum Gasteiger partial charge on any atom is 0.257 e. The van der Waals surface area contributed by atoms with Gasteiger partial charge in [0, 0.05) is 26.3 Å². The molecule has 1 aliphatic rings. The van der Waals surface area contributed by atoms with Gasteiger partial charge >= 0.3 is 0 Å². The number of aryl methyl sites for hydroxylation is 1. The Bertz CT molecular complexity index is 747. The van der Waals surface area contributed by atoms with Crippen molar-refractivity contribution >= 4 is 11.9 Å². The first kappa shape index (κ1) is 17.3. The Morgan fingerprint density at radius 2 is 2.28 bits per heavy atom. The van der Waals surface area contributed by atoms with Gasteiger partial charge in [-0.15, -0.1) is 0 Å². The molecule has 3 rings (SSSR count). The number of methoxy groups -OCH3 is 1. The van der Waals surface area contributed by atoms with Crippen molar-refractivity contribution in [1.29, 1.82) is 0 Å². The summed E-state index contributed by atoms with van der Waals surface area (Å²) in [6.45, 7) is 2.90. The highest BCUT2D eigenvalue weighted by Gasteiger charge is 2.33. The van der Waals surface area contributed by atoms with E-state index in [1.807, 2.05) is 0 Å². The number of nitrogens with zero attached hydrogens (tertiary/aromatic N) is 5. The number of hydrogen-bond donors (Lipinski definition) is 1. The molecule has 2 N–H and O–H groups in total. The van der Waals surface area contributed by atoms with E-state index in [4.69, 9.17) is 15.0 Å². The number of carbonyl (C=O) groups is 1. The molecule has 1 amide bonds. The normalized spacial score (nSPS) is 17.7. The molecular formula is C16H22N6O3. The van der Waals surface area contributed by atoms with Crippen molar-refractivity contribution in [3.63, 3.8) is 0 Å². The van der Waals surface area contributed by atoms with Crippen LogP contribution in [0.1, 0.15) is 53.1 Å². The minimum absolute atomic E-state index is 0.140. The van der Waals surface area contributed by atoms with Crippen LogP contribution in [0.4, 0.5) is 5.95 Å². The van der Waals surface area contributed by atoms with Crippen LogP contribution >= 0.6 is 0 Å². The van der Waals surface area contributed by atoms with Crippen molar-refractivity contribution in [1.82, 2.24) is 25.0 Å². The Kier molecular flexibility index (Phi) is 5.22. The zero-order valence-electron chi connectivity index (χ0n) is 14.4. The maximum atomic E-state index is 13.0. The largest absolute Gasteiger partial charge is 0.384 e. The van der Waals surface area contributed by atoms with Crippen molar-refractivity contribution in [2.45, 2.75) is 38.6 Å². The first-order chi connectivity index (χ1) is 12.1. The minimum Gasteiger partial charge on any atom is -0.384 e. The van der Waals surface area contributed by atoms with Crippen LogP contribution < -0.4 is 5.73 Å². The second-order valence-electron chi connectivity index (χ2n) is 6.03. The van der Waals surface area contributed by atoms with E-state index in [1.54, 1.807) is 18.9 Å². The first-order valence-electron chi connectivity index (χ1n) is 8.31. The summed E-state index contributed by atoms with van der Waals surface area (Å²) < 4.78 is 10.4. The van der Waals surface area contributed by atoms with E-state index in [2.05, 4.69) is 20.1 Å². The molecule has 3 heterocycles. The Hall–Kier alpha value is -2.55. The molecule has 2 aromatic rings. The van der Waals surface area contributed by atoms with Crippen LogP contribution in [0.2, 0.25) is 0 Å². The fourth-order valence-electron chi connectivity index (χ4n) is 2.98. The molecule has 134 valence electrons. The predicted octanol–water partition coefficient (Wildman–Crippen LogP) is 1.31. The topological polar surface area (TPSA) is 120 Å². The number of hydrogen-bond acceptors (Lipinski definition) is 8. The van der Waals surface area contributed by atoms with Crippen LogP contribution in [0.3, 0.4) is 0 Å². The third-order valence-electron chi connectivity index (χ3n) is 4.29. The van der Waals surface area contributed by atoms with Gasteiger partial charge in [-0.1, -0.05) is 5.16 Å². The number of rotatable bonds is 5. The fourth-order valence-corrected chi connectivity index (χ4v) is 2.98. The predicted molar refractivity (Wildman–Crippen MR) is 88.7 cm³/mol. The van der Waals surface area contributed by atoms with Crippen molar-refractivity contribution < 1.29 is 14.1 Å². The van der Waals surface area contributed by atoms with E-state index in [0.29, 0.717) is 42.5 Å². The lowest BCUT2D eigenvalue weighted by atomic mass is 10.0. The fraction of sp³-hybridized carbons (Fsp3) is 0.562. The Balaban J connectivity index is 1.83. The van der Waals surface area contributed by atoms with Gasteiger partial charge in [-0.3, -0.25) is 4.79 Å². The van der Waals surface area contributed by atoms with Crippen LogP contribution in [0.25, 0.3) is 0 Å². The molecule has 25 heavy (non-hydrogen) atoms. The maximum absolute atomic E-state index is 13.0. The molecule has 1 saturated heterocycles. The molecule has 1 atom stereocenters. The number of nitrogens with two attached hydrogens (primary N) is 1. The molecule has 9 heteroatoms. The van der Waals surface area contributed by atoms with E-state index < -0.39 is 0 Å². The minimum atomic E-state index is -0.234. The summed E-state index contributed by atoms with van der Waals surface area (Å²) in [5.74, 6) is 1.07. The lowest BCUT2D eigenvalue weighted by Crippen LogP contribution is -2.39. The first-order valence-corrected chi connectivity index (χ1v) is 8.31. The van der Waals surface area contributed by atoms with Gasteiger partial charge in [0.05, 0.1) is 17.9 Å². The van der Waals surface area contributed by atoms with Crippen molar-refractivity contribution in [2.75, 3.05) is 26.0 Å². The summed E-state index contributed by atoms with van der Waals surface area (Å²) in [5.41, 5.74) is 6.58. The lowest BCUT2D eigenvalue weighted by molar-refractivity contribution is 0.0559. The number of amides is 1. The van der Waals surface area contributed by atoms with E-state index in [1.165, 1.54) is 6.20 Å². The highest BCUT2D eigenvalue weighted by Crippen LogP contribution is 2.31. The molecule has 0 bridgehead atoms.